The number of hydrogen-bond acceptors (Lipinski definition) is 3. The first-order chi connectivity index (χ1) is 8.98. The molecule has 0 unspecified atom stereocenters. The maximum atomic E-state index is 12.7. The SMILES string of the molecule is Cn1ncc(Cl)c1S(=O)(=O)N(CCCCl)C1CCC1. The molecule has 108 valence electrons. The summed E-state index contributed by atoms with van der Waals surface area (Å²) in [6.45, 7) is 0.429. The number of alkyl halides is 1. The minimum Gasteiger partial charge on any atom is -0.255 e. The van der Waals surface area contributed by atoms with Gasteiger partial charge in [0.05, 0.1) is 11.2 Å². The molecule has 0 atom stereocenters. The Bertz CT molecular complexity index is 521. The second-order valence-electron chi connectivity index (χ2n) is 4.66. The second-order valence-corrected chi connectivity index (χ2v) is 7.26. The van der Waals surface area contributed by atoms with E-state index in [4.69, 9.17) is 23.2 Å². The lowest BCUT2D eigenvalue weighted by atomic mass is 9.93. The van der Waals surface area contributed by atoms with Crippen molar-refractivity contribution in [2.75, 3.05) is 12.4 Å². The van der Waals surface area contributed by atoms with Gasteiger partial charge in [-0.15, -0.1) is 11.6 Å². The van der Waals surface area contributed by atoms with Gasteiger partial charge in [0.1, 0.15) is 0 Å². The zero-order chi connectivity index (χ0) is 14.0. The van der Waals surface area contributed by atoms with Crippen LogP contribution in [0.4, 0.5) is 0 Å². The molecule has 0 amide bonds. The highest BCUT2D eigenvalue weighted by molar-refractivity contribution is 7.89. The number of hydrogen-bond donors (Lipinski definition) is 0. The van der Waals surface area contributed by atoms with Crippen LogP contribution in [0.25, 0.3) is 0 Å². The van der Waals surface area contributed by atoms with Crippen molar-refractivity contribution in [3.8, 4) is 0 Å². The molecule has 0 radical (unpaired) electrons. The Morgan fingerprint density at radius 2 is 2.21 bits per heavy atom. The standard InChI is InChI=1S/C11H17Cl2N3O2S/c1-15-11(10(13)8-14-15)19(17,18)16(7-3-6-12)9-4-2-5-9/h8-9H,2-7H2,1H3. The van der Waals surface area contributed by atoms with Gasteiger partial charge in [0.2, 0.25) is 0 Å². The summed E-state index contributed by atoms with van der Waals surface area (Å²) in [4.78, 5) is 0. The molecule has 2 rings (SSSR count). The minimum atomic E-state index is -3.61. The lowest BCUT2D eigenvalue weighted by molar-refractivity contribution is 0.218. The molecule has 8 heteroatoms. The molecule has 1 heterocycles. The predicted octanol–water partition coefficient (Wildman–Crippen LogP) is 2.25. The third-order valence-corrected chi connectivity index (χ3v) is 6.12. The monoisotopic (exact) mass is 325 g/mol. The fraction of sp³-hybridized carbons (Fsp3) is 0.727. The number of aryl methyl sites for hydroxylation is 1. The predicted molar refractivity (Wildman–Crippen MR) is 75.1 cm³/mol. The van der Waals surface area contributed by atoms with Gasteiger partial charge < -0.3 is 0 Å². The van der Waals surface area contributed by atoms with Gasteiger partial charge in [-0.25, -0.2) is 8.42 Å². The zero-order valence-corrected chi connectivity index (χ0v) is 13.0. The summed E-state index contributed by atoms with van der Waals surface area (Å²) in [5.74, 6) is 0.442. The van der Waals surface area contributed by atoms with E-state index in [0.717, 1.165) is 19.3 Å². The third-order valence-electron chi connectivity index (χ3n) is 3.39. The first-order valence-electron chi connectivity index (χ1n) is 6.23. The zero-order valence-electron chi connectivity index (χ0n) is 10.7. The van der Waals surface area contributed by atoms with Crippen molar-refractivity contribution in [1.29, 1.82) is 0 Å². The highest BCUT2D eigenvalue weighted by Gasteiger charge is 2.37. The van der Waals surface area contributed by atoms with Crippen LogP contribution in [0.5, 0.6) is 0 Å². The van der Waals surface area contributed by atoms with Gasteiger partial charge in [-0.3, -0.25) is 4.68 Å². The van der Waals surface area contributed by atoms with E-state index in [0.29, 0.717) is 18.8 Å². The molecule has 0 N–H and O–H groups in total. The highest BCUT2D eigenvalue weighted by atomic mass is 35.5. The Morgan fingerprint density at radius 1 is 1.53 bits per heavy atom. The lowest BCUT2D eigenvalue weighted by Gasteiger charge is -2.36. The molecular formula is C11H17Cl2N3O2S. The Balaban J connectivity index is 2.33. The first kappa shape index (κ1) is 15.1. The van der Waals surface area contributed by atoms with Crippen LogP contribution in [0.1, 0.15) is 25.7 Å². The minimum absolute atomic E-state index is 0.0654. The molecule has 1 aromatic rings. The largest absolute Gasteiger partial charge is 0.261 e. The normalized spacial score (nSPS) is 16.8. The number of aromatic nitrogens is 2. The summed E-state index contributed by atoms with van der Waals surface area (Å²) in [5.41, 5.74) is 0. The average molecular weight is 326 g/mol. The van der Waals surface area contributed by atoms with Crippen LogP contribution in [0.2, 0.25) is 5.02 Å². The van der Waals surface area contributed by atoms with Gasteiger partial charge in [-0.1, -0.05) is 18.0 Å². The molecule has 1 fully saturated rings. The highest BCUT2D eigenvalue weighted by Crippen LogP contribution is 2.32. The summed E-state index contributed by atoms with van der Waals surface area (Å²) in [5, 5.41) is 4.13. The van der Waals surface area contributed by atoms with Gasteiger partial charge >= 0.3 is 0 Å². The van der Waals surface area contributed by atoms with E-state index in [1.165, 1.54) is 15.2 Å². The topological polar surface area (TPSA) is 55.2 Å². The van der Waals surface area contributed by atoms with Gasteiger partial charge in [0.25, 0.3) is 10.0 Å². The third kappa shape index (κ3) is 2.91. The number of rotatable bonds is 6. The maximum absolute atomic E-state index is 12.7. The van der Waals surface area contributed by atoms with Crippen LogP contribution in [0.15, 0.2) is 11.2 Å². The van der Waals surface area contributed by atoms with Crippen molar-refractivity contribution in [3.05, 3.63) is 11.2 Å². The van der Waals surface area contributed by atoms with Crippen molar-refractivity contribution >= 4 is 33.2 Å². The summed E-state index contributed by atoms with van der Waals surface area (Å²) < 4.78 is 28.3. The molecule has 0 aromatic carbocycles. The van der Waals surface area contributed by atoms with Gasteiger partial charge in [-0.2, -0.15) is 9.40 Å². The van der Waals surface area contributed by atoms with Crippen LogP contribution in [0.3, 0.4) is 0 Å². The number of sulfonamides is 1. The molecule has 1 aliphatic carbocycles. The van der Waals surface area contributed by atoms with E-state index < -0.39 is 10.0 Å². The van der Waals surface area contributed by atoms with Crippen LogP contribution in [0, 0.1) is 0 Å². The summed E-state index contributed by atoms with van der Waals surface area (Å²) in [7, 11) is -2.03. The Morgan fingerprint density at radius 3 is 2.63 bits per heavy atom. The molecule has 0 spiro atoms. The molecule has 0 aliphatic heterocycles. The van der Waals surface area contributed by atoms with Crippen molar-refractivity contribution in [1.82, 2.24) is 14.1 Å². The first-order valence-corrected chi connectivity index (χ1v) is 8.59. The fourth-order valence-corrected chi connectivity index (χ4v) is 4.64. The summed E-state index contributed by atoms with van der Waals surface area (Å²) in [6, 6.07) is 0.0687. The van der Waals surface area contributed by atoms with Crippen molar-refractivity contribution in [2.24, 2.45) is 7.05 Å². The number of nitrogens with zero attached hydrogens (tertiary/aromatic N) is 3. The molecule has 5 nitrogen and oxygen atoms in total. The average Bonchev–Trinajstić information content (AvgIpc) is 2.61. The Kier molecular flexibility index (Phi) is 4.76. The summed E-state index contributed by atoms with van der Waals surface area (Å²) in [6.07, 6.45) is 4.85. The Labute approximate surface area is 123 Å². The van der Waals surface area contributed by atoms with Crippen LogP contribution in [-0.2, 0) is 17.1 Å². The maximum Gasteiger partial charge on any atom is 0.261 e. The molecular weight excluding hydrogens is 309 g/mol. The second kappa shape index (κ2) is 5.99. The lowest BCUT2D eigenvalue weighted by Crippen LogP contribution is -2.45. The van der Waals surface area contributed by atoms with Gasteiger partial charge in [0.15, 0.2) is 5.03 Å². The summed E-state index contributed by atoms with van der Waals surface area (Å²) >= 11 is 11.6. The van der Waals surface area contributed by atoms with E-state index in [2.05, 4.69) is 5.10 Å². The number of halogens is 2. The van der Waals surface area contributed by atoms with Gasteiger partial charge in [0, 0.05) is 25.5 Å². The quantitative estimate of drug-likeness (QED) is 0.754. The van der Waals surface area contributed by atoms with Crippen molar-refractivity contribution in [3.63, 3.8) is 0 Å². The van der Waals surface area contributed by atoms with Crippen LogP contribution < -0.4 is 0 Å². The van der Waals surface area contributed by atoms with Crippen LogP contribution >= 0.6 is 23.2 Å². The van der Waals surface area contributed by atoms with Crippen LogP contribution in [-0.4, -0.2) is 41.0 Å². The van der Waals surface area contributed by atoms with E-state index >= 15 is 0 Å². The molecule has 1 saturated carbocycles. The van der Waals surface area contributed by atoms with Crippen molar-refractivity contribution < 1.29 is 8.42 Å². The van der Waals surface area contributed by atoms with E-state index in [-0.39, 0.29) is 16.1 Å². The van der Waals surface area contributed by atoms with E-state index in [1.807, 2.05) is 0 Å². The molecule has 1 aromatic heterocycles. The van der Waals surface area contributed by atoms with E-state index in [9.17, 15) is 8.42 Å². The molecule has 0 bridgehead atoms. The fourth-order valence-electron chi connectivity index (χ4n) is 2.19. The molecule has 0 saturated heterocycles. The van der Waals surface area contributed by atoms with E-state index in [1.54, 1.807) is 7.05 Å². The Hall–Kier alpha value is -0.300. The smallest absolute Gasteiger partial charge is 0.255 e. The van der Waals surface area contributed by atoms with Crippen molar-refractivity contribution in [2.45, 2.75) is 36.8 Å². The molecule has 1 aliphatic rings. The molecule has 19 heavy (non-hydrogen) atoms. The van der Waals surface area contributed by atoms with Gasteiger partial charge in [-0.05, 0) is 19.3 Å².